The lowest BCUT2D eigenvalue weighted by atomic mass is 10.0. The number of anilines is 1. The highest BCUT2D eigenvalue weighted by Gasteiger charge is 2.39. The lowest BCUT2D eigenvalue weighted by molar-refractivity contribution is -0.136. The number of benzene rings is 2. The highest BCUT2D eigenvalue weighted by Crippen LogP contribution is 2.31. The summed E-state index contributed by atoms with van der Waals surface area (Å²) in [5.41, 5.74) is 3.66. The minimum Gasteiger partial charge on any atom is -0.489 e. The number of ether oxygens (including phenoxy) is 1. The largest absolute Gasteiger partial charge is 0.489 e. The second-order valence-electron chi connectivity index (χ2n) is 11.2. The third-order valence-electron chi connectivity index (χ3n) is 8.45. The van der Waals surface area contributed by atoms with Crippen molar-refractivity contribution < 1.29 is 19.1 Å². The van der Waals surface area contributed by atoms with Crippen LogP contribution in [0.5, 0.6) is 5.75 Å². The van der Waals surface area contributed by atoms with Gasteiger partial charge in [0, 0.05) is 62.8 Å². The van der Waals surface area contributed by atoms with Gasteiger partial charge in [-0.15, -0.1) is 0 Å². The average molecular weight is 541 g/mol. The number of nitrogens with zero attached hydrogens (tertiary/aromatic N) is 5. The first-order chi connectivity index (χ1) is 19.5. The van der Waals surface area contributed by atoms with E-state index >= 15 is 0 Å². The Labute approximate surface area is 232 Å². The van der Waals surface area contributed by atoms with E-state index in [1.165, 1.54) is 18.4 Å². The van der Waals surface area contributed by atoms with Crippen molar-refractivity contribution in [3.05, 3.63) is 59.3 Å². The molecule has 0 saturated carbocycles. The van der Waals surface area contributed by atoms with Crippen LogP contribution >= 0.6 is 0 Å². The molecule has 4 aliphatic heterocycles. The summed E-state index contributed by atoms with van der Waals surface area (Å²) in [6, 6.07) is 11.4. The van der Waals surface area contributed by atoms with Crippen molar-refractivity contribution in [2.75, 3.05) is 31.1 Å². The fourth-order valence-electron chi connectivity index (χ4n) is 6.35. The summed E-state index contributed by atoms with van der Waals surface area (Å²) in [5.74, 6) is 0.715. The summed E-state index contributed by atoms with van der Waals surface area (Å²) in [6.07, 6.45) is 5.94. The second-order valence-corrected chi connectivity index (χ2v) is 11.2. The van der Waals surface area contributed by atoms with Crippen LogP contribution in [0.15, 0.2) is 42.6 Å². The predicted octanol–water partition coefficient (Wildman–Crippen LogP) is 2.64. The molecule has 3 aromatic rings. The topological polar surface area (TPSA) is 108 Å². The first-order valence-electron chi connectivity index (χ1n) is 14.2. The van der Waals surface area contributed by atoms with Gasteiger partial charge >= 0.3 is 0 Å². The molecule has 1 aromatic heterocycles. The maximum atomic E-state index is 13.0. The molecule has 5 heterocycles. The Morgan fingerprint density at radius 2 is 1.88 bits per heavy atom. The number of rotatable bonds is 6. The van der Waals surface area contributed by atoms with E-state index in [1.54, 1.807) is 11.0 Å². The summed E-state index contributed by atoms with van der Waals surface area (Å²) in [4.78, 5) is 52.4. The van der Waals surface area contributed by atoms with E-state index < -0.39 is 11.9 Å². The SMILES string of the molecule is O=C1CCC(N2Cc3cc(OC4CCN(Cc5ccc6nc(N7CCCC7)ncc6c5)C4)ccc3C2=O)C(=O)N1. The van der Waals surface area contributed by atoms with E-state index in [0.29, 0.717) is 18.5 Å². The molecule has 0 aliphatic carbocycles. The van der Waals surface area contributed by atoms with Crippen molar-refractivity contribution in [3.63, 3.8) is 0 Å². The number of hydrogen-bond acceptors (Lipinski definition) is 8. The van der Waals surface area contributed by atoms with Crippen LogP contribution in [0.1, 0.15) is 53.6 Å². The Morgan fingerprint density at radius 1 is 1.00 bits per heavy atom. The normalized spacial score (nSPS) is 23.2. The zero-order valence-corrected chi connectivity index (χ0v) is 22.3. The third kappa shape index (κ3) is 4.77. The summed E-state index contributed by atoms with van der Waals surface area (Å²) in [6.45, 7) is 5.02. The first kappa shape index (κ1) is 25.0. The van der Waals surface area contributed by atoms with Crippen LogP contribution in [0.2, 0.25) is 0 Å². The van der Waals surface area contributed by atoms with E-state index in [4.69, 9.17) is 9.72 Å². The van der Waals surface area contributed by atoms with Crippen LogP contribution in [0.4, 0.5) is 5.95 Å². The number of amides is 3. The molecule has 3 fully saturated rings. The van der Waals surface area contributed by atoms with Gasteiger partial charge in [0.25, 0.3) is 5.91 Å². The van der Waals surface area contributed by atoms with Gasteiger partial charge in [0.1, 0.15) is 17.9 Å². The maximum absolute atomic E-state index is 13.0. The Hall–Kier alpha value is -4.05. The molecule has 3 saturated heterocycles. The van der Waals surface area contributed by atoms with Crippen molar-refractivity contribution >= 4 is 34.6 Å². The number of nitrogens with one attached hydrogen (secondary N) is 1. The summed E-state index contributed by atoms with van der Waals surface area (Å²) < 4.78 is 6.33. The fourth-order valence-corrected chi connectivity index (χ4v) is 6.35. The summed E-state index contributed by atoms with van der Waals surface area (Å²) in [5, 5.41) is 3.41. The Balaban J connectivity index is 0.965. The number of carbonyl (C=O) groups excluding carboxylic acids is 3. The van der Waals surface area contributed by atoms with Crippen LogP contribution in [0.25, 0.3) is 10.9 Å². The Kier molecular flexibility index (Phi) is 6.34. The van der Waals surface area contributed by atoms with Crippen molar-refractivity contribution in [2.24, 2.45) is 0 Å². The molecule has 3 amide bonds. The zero-order chi connectivity index (χ0) is 27.2. The molecule has 0 spiro atoms. The molecule has 2 unspecified atom stereocenters. The average Bonchev–Trinajstić information content (AvgIpc) is 3.70. The number of aromatic nitrogens is 2. The van der Waals surface area contributed by atoms with Crippen molar-refractivity contribution in [1.82, 2.24) is 25.1 Å². The molecule has 7 rings (SSSR count). The van der Waals surface area contributed by atoms with E-state index in [-0.39, 0.29) is 24.3 Å². The highest BCUT2D eigenvalue weighted by molar-refractivity contribution is 6.05. The van der Waals surface area contributed by atoms with E-state index in [9.17, 15) is 14.4 Å². The molecule has 1 N–H and O–H groups in total. The molecule has 10 nitrogen and oxygen atoms in total. The van der Waals surface area contributed by atoms with Crippen LogP contribution in [-0.2, 0) is 22.7 Å². The highest BCUT2D eigenvalue weighted by atomic mass is 16.5. The minimum absolute atomic E-state index is 0.0631. The maximum Gasteiger partial charge on any atom is 0.255 e. The van der Waals surface area contributed by atoms with E-state index in [0.717, 1.165) is 67.3 Å². The molecule has 40 heavy (non-hydrogen) atoms. The number of piperidine rings is 1. The van der Waals surface area contributed by atoms with Crippen LogP contribution in [-0.4, -0.2) is 75.8 Å². The molecule has 2 aromatic carbocycles. The van der Waals surface area contributed by atoms with Crippen molar-refractivity contribution in [1.29, 1.82) is 0 Å². The summed E-state index contributed by atoms with van der Waals surface area (Å²) >= 11 is 0. The smallest absolute Gasteiger partial charge is 0.255 e. The third-order valence-corrected chi connectivity index (χ3v) is 8.45. The Morgan fingerprint density at radius 3 is 2.73 bits per heavy atom. The van der Waals surface area contributed by atoms with Gasteiger partial charge < -0.3 is 14.5 Å². The van der Waals surface area contributed by atoms with Gasteiger partial charge in [0.2, 0.25) is 17.8 Å². The van der Waals surface area contributed by atoms with Gasteiger partial charge in [-0.25, -0.2) is 9.97 Å². The number of carbonyl (C=O) groups is 3. The lowest BCUT2D eigenvalue weighted by Crippen LogP contribution is -2.52. The monoisotopic (exact) mass is 540 g/mol. The van der Waals surface area contributed by atoms with Gasteiger partial charge in [-0.1, -0.05) is 6.07 Å². The van der Waals surface area contributed by atoms with Gasteiger partial charge in [-0.2, -0.15) is 0 Å². The Bertz CT molecular complexity index is 1500. The lowest BCUT2D eigenvalue weighted by Gasteiger charge is -2.29. The minimum atomic E-state index is -0.612. The number of imide groups is 1. The quantitative estimate of drug-likeness (QED) is 0.476. The number of likely N-dealkylation sites (tertiary alicyclic amines) is 1. The van der Waals surface area contributed by atoms with Gasteiger partial charge in [-0.3, -0.25) is 24.6 Å². The standard InChI is InChI=1S/C30H32N6O4/c37-27-8-7-26(28(38)33-27)36-17-21-14-22(4-5-24(21)29(36)39)40-23-9-12-34(18-23)16-19-3-6-25-20(13-19)15-31-30(32-25)35-10-1-2-11-35/h3-6,13-15,23,26H,1-2,7-12,16-18H2,(H,33,37,38). The zero-order valence-electron chi connectivity index (χ0n) is 22.3. The van der Waals surface area contributed by atoms with Gasteiger partial charge in [0.05, 0.1) is 5.52 Å². The molecule has 2 atom stereocenters. The number of fused-ring (bicyclic) bond motifs is 2. The van der Waals surface area contributed by atoms with Crippen molar-refractivity contribution in [3.8, 4) is 5.75 Å². The van der Waals surface area contributed by atoms with Crippen LogP contribution in [0.3, 0.4) is 0 Å². The van der Waals surface area contributed by atoms with E-state index in [1.807, 2.05) is 18.3 Å². The molecule has 0 radical (unpaired) electrons. The molecule has 4 aliphatic rings. The second kappa shape index (κ2) is 10.2. The van der Waals surface area contributed by atoms with Crippen molar-refractivity contribution in [2.45, 2.75) is 57.3 Å². The predicted molar refractivity (Wildman–Crippen MR) is 148 cm³/mol. The van der Waals surface area contributed by atoms with Crippen LogP contribution in [0, 0.1) is 0 Å². The fraction of sp³-hybridized carbons (Fsp3) is 0.433. The molecule has 206 valence electrons. The molecule has 10 heteroatoms. The first-order valence-corrected chi connectivity index (χ1v) is 14.2. The molecular weight excluding hydrogens is 508 g/mol. The molecular formula is C30H32N6O4. The van der Waals surface area contributed by atoms with Crippen LogP contribution < -0.4 is 15.0 Å². The van der Waals surface area contributed by atoms with Gasteiger partial charge in [-0.05, 0) is 67.1 Å². The van der Waals surface area contributed by atoms with E-state index in [2.05, 4.69) is 38.3 Å². The molecule has 0 bridgehead atoms. The van der Waals surface area contributed by atoms with Gasteiger partial charge in [0.15, 0.2) is 0 Å². The summed E-state index contributed by atoms with van der Waals surface area (Å²) in [7, 11) is 0. The number of hydrogen-bond donors (Lipinski definition) is 1.